The number of halogens is 1. The van der Waals surface area contributed by atoms with Crippen LogP contribution in [-0.4, -0.2) is 7.11 Å². The molecule has 0 fully saturated rings. The number of benzene rings is 1. The topological polar surface area (TPSA) is 35.2 Å². The highest BCUT2D eigenvalue weighted by atomic mass is 19.1. The summed E-state index contributed by atoms with van der Waals surface area (Å²) in [5.41, 5.74) is 6.74. The fraction of sp³-hybridized carbons (Fsp3) is 0.500. The number of ether oxygens (including phenoxy) is 1. The number of methoxy groups -OCH3 is 1. The summed E-state index contributed by atoms with van der Waals surface area (Å²) < 4.78 is 18.4. The summed E-state index contributed by atoms with van der Waals surface area (Å²) in [6, 6.07) is 4.73. The van der Waals surface area contributed by atoms with Crippen LogP contribution in [0.4, 0.5) is 4.39 Å². The zero-order valence-electron chi connectivity index (χ0n) is 9.29. The van der Waals surface area contributed by atoms with Gasteiger partial charge in [0.2, 0.25) is 0 Å². The summed E-state index contributed by atoms with van der Waals surface area (Å²) in [7, 11) is 1.47. The summed E-state index contributed by atoms with van der Waals surface area (Å²) in [5.74, 6) is -0.0666. The lowest BCUT2D eigenvalue weighted by Gasteiger charge is -2.15. The Balaban J connectivity index is 2.87. The van der Waals surface area contributed by atoms with E-state index in [0.29, 0.717) is 0 Å². The van der Waals surface area contributed by atoms with Crippen LogP contribution in [0, 0.1) is 5.82 Å². The van der Waals surface area contributed by atoms with Gasteiger partial charge in [-0.15, -0.1) is 0 Å². The Morgan fingerprint density at radius 3 is 2.80 bits per heavy atom. The number of para-hydroxylation sites is 1. The lowest BCUT2D eigenvalue weighted by molar-refractivity contribution is 0.376. The molecule has 0 heterocycles. The molecule has 0 unspecified atom stereocenters. The lowest BCUT2D eigenvalue weighted by Crippen LogP contribution is -2.12. The third-order valence-corrected chi connectivity index (χ3v) is 2.47. The van der Waals surface area contributed by atoms with Gasteiger partial charge in [-0.3, -0.25) is 0 Å². The van der Waals surface area contributed by atoms with Crippen molar-refractivity contribution < 1.29 is 9.13 Å². The highest BCUT2D eigenvalue weighted by Crippen LogP contribution is 2.29. The lowest BCUT2D eigenvalue weighted by atomic mass is 10.0. The minimum Gasteiger partial charge on any atom is -0.493 e. The van der Waals surface area contributed by atoms with E-state index in [4.69, 9.17) is 10.5 Å². The molecule has 0 aliphatic heterocycles. The Morgan fingerprint density at radius 1 is 1.47 bits per heavy atom. The summed E-state index contributed by atoms with van der Waals surface area (Å²) in [4.78, 5) is 0. The smallest absolute Gasteiger partial charge is 0.165 e. The van der Waals surface area contributed by atoms with Crippen LogP contribution in [0.1, 0.15) is 37.8 Å². The van der Waals surface area contributed by atoms with Crippen molar-refractivity contribution >= 4 is 0 Å². The van der Waals surface area contributed by atoms with E-state index >= 15 is 0 Å². The van der Waals surface area contributed by atoms with Gasteiger partial charge in [0.25, 0.3) is 0 Å². The molecule has 15 heavy (non-hydrogen) atoms. The van der Waals surface area contributed by atoms with Gasteiger partial charge in [-0.2, -0.15) is 0 Å². The van der Waals surface area contributed by atoms with E-state index in [9.17, 15) is 4.39 Å². The molecule has 3 heteroatoms. The fourth-order valence-electron chi connectivity index (χ4n) is 1.61. The van der Waals surface area contributed by atoms with Crippen molar-refractivity contribution in [2.75, 3.05) is 7.11 Å². The van der Waals surface area contributed by atoms with E-state index in [1.807, 2.05) is 6.07 Å². The number of unbranched alkanes of at least 4 members (excludes halogenated alkanes) is 1. The largest absolute Gasteiger partial charge is 0.493 e. The van der Waals surface area contributed by atoms with E-state index in [2.05, 4.69) is 6.92 Å². The van der Waals surface area contributed by atoms with Crippen LogP contribution in [0.15, 0.2) is 18.2 Å². The Kier molecular flexibility index (Phi) is 4.56. The molecular weight excluding hydrogens is 193 g/mol. The van der Waals surface area contributed by atoms with E-state index in [1.54, 1.807) is 6.07 Å². The van der Waals surface area contributed by atoms with Crippen molar-refractivity contribution in [1.82, 2.24) is 0 Å². The van der Waals surface area contributed by atoms with E-state index in [-0.39, 0.29) is 17.6 Å². The normalized spacial score (nSPS) is 12.5. The van der Waals surface area contributed by atoms with Crippen LogP contribution in [0.5, 0.6) is 5.75 Å². The third kappa shape index (κ3) is 2.93. The predicted octanol–water partition coefficient (Wildman–Crippen LogP) is 3.02. The maximum Gasteiger partial charge on any atom is 0.165 e. The van der Waals surface area contributed by atoms with Crippen LogP contribution in [0.2, 0.25) is 0 Å². The zero-order chi connectivity index (χ0) is 11.3. The Bertz CT molecular complexity index is 314. The Labute approximate surface area is 90.2 Å². The fourth-order valence-corrected chi connectivity index (χ4v) is 1.61. The van der Waals surface area contributed by atoms with Gasteiger partial charge in [-0.25, -0.2) is 4.39 Å². The Morgan fingerprint density at radius 2 is 2.20 bits per heavy atom. The van der Waals surface area contributed by atoms with Crippen LogP contribution in [0.25, 0.3) is 0 Å². The molecule has 1 atom stereocenters. The third-order valence-electron chi connectivity index (χ3n) is 2.47. The number of hydrogen-bond donors (Lipinski definition) is 1. The molecular formula is C12H18FNO. The predicted molar refractivity (Wildman–Crippen MR) is 59.4 cm³/mol. The standard InChI is InChI=1S/C12H18FNO/c1-3-4-8-11(14)9-6-5-7-10(13)12(9)15-2/h5-7,11H,3-4,8,14H2,1-2H3/t11-/m0/s1. The van der Waals surface area contributed by atoms with Gasteiger partial charge in [0.05, 0.1) is 7.11 Å². The summed E-state index contributed by atoms with van der Waals surface area (Å²) in [6.45, 7) is 2.11. The van der Waals surface area contributed by atoms with Gasteiger partial charge >= 0.3 is 0 Å². The van der Waals surface area contributed by atoms with Crippen molar-refractivity contribution in [3.05, 3.63) is 29.6 Å². The quantitative estimate of drug-likeness (QED) is 0.812. The number of hydrogen-bond acceptors (Lipinski definition) is 2. The van der Waals surface area contributed by atoms with E-state index in [1.165, 1.54) is 13.2 Å². The molecule has 0 radical (unpaired) electrons. The van der Waals surface area contributed by atoms with Gasteiger partial charge in [-0.05, 0) is 12.5 Å². The summed E-state index contributed by atoms with van der Waals surface area (Å²) in [6.07, 6.45) is 2.99. The first-order valence-corrected chi connectivity index (χ1v) is 5.28. The molecule has 2 N–H and O–H groups in total. The van der Waals surface area contributed by atoms with Crippen molar-refractivity contribution in [2.24, 2.45) is 5.73 Å². The molecule has 2 nitrogen and oxygen atoms in total. The number of nitrogens with two attached hydrogens (primary N) is 1. The highest BCUT2D eigenvalue weighted by molar-refractivity contribution is 5.37. The van der Waals surface area contributed by atoms with Crippen molar-refractivity contribution in [2.45, 2.75) is 32.2 Å². The minimum absolute atomic E-state index is 0.143. The van der Waals surface area contributed by atoms with Gasteiger partial charge in [0.1, 0.15) is 0 Å². The van der Waals surface area contributed by atoms with Gasteiger partial charge in [0.15, 0.2) is 11.6 Å². The minimum atomic E-state index is -0.345. The Hall–Kier alpha value is -1.09. The van der Waals surface area contributed by atoms with Crippen molar-refractivity contribution in [3.8, 4) is 5.75 Å². The first kappa shape index (κ1) is 12.0. The molecule has 1 aromatic rings. The van der Waals surface area contributed by atoms with Crippen molar-refractivity contribution in [1.29, 1.82) is 0 Å². The maximum atomic E-state index is 13.4. The average Bonchev–Trinajstić information content (AvgIpc) is 2.25. The molecule has 0 spiro atoms. The molecule has 0 aromatic heterocycles. The summed E-state index contributed by atoms with van der Waals surface area (Å²) in [5, 5.41) is 0. The van der Waals surface area contributed by atoms with Crippen LogP contribution < -0.4 is 10.5 Å². The second-order valence-electron chi connectivity index (χ2n) is 3.61. The molecule has 0 saturated carbocycles. The molecule has 0 bridgehead atoms. The van der Waals surface area contributed by atoms with Crippen molar-refractivity contribution in [3.63, 3.8) is 0 Å². The average molecular weight is 211 g/mol. The molecule has 0 saturated heterocycles. The first-order valence-electron chi connectivity index (χ1n) is 5.28. The maximum absolute atomic E-state index is 13.4. The molecule has 1 rings (SSSR count). The second-order valence-corrected chi connectivity index (χ2v) is 3.61. The highest BCUT2D eigenvalue weighted by Gasteiger charge is 2.14. The monoisotopic (exact) mass is 211 g/mol. The van der Waals surface area contributed by atoms with E-state index < -0.39 is 0 Å². The molecule has 1 aromatic carbocycles. The second kappa shape index (κ2) is 5.71. The van der Waals surface area contributed by atoms with Gasteiger partial charge < -0.3 is 10.5 Å². The molecule has 0 amide bonds. The molecule has 84 valence electrons. The van der Waals surface area contributed by atoms with Crippen LogP contribution >= 0.6 is 0 Å². The van der Waals surface area contributed by atoms with Gasteiger partial charge in [0, 0.05) is 11.6 Å². The van der Waals surface area contributed by atoms with Crippen LogP contribution in [-0.2, 0) is 0 Å². The van der Waals surface area contributed by atoms with E-state index in [0.717, 1.165) is 24.8 Å². The molecule has 0 aliphatic carbocycles. The van der Waals surface area contributed by atoms with Gasteiger partial charge in [-0.1, -0.05) is 31.9 Å². The SMILES string of the molecule is CCCC[C@H](N)c1cccc(F)c1OC. The first-order chi connectivity index (χ1) is 7.20. The summed E-state index contributed by atoms with van der Waals surface area (Å²) >= 11 is 0. The zero-order valence-corrected chi connectivity index (χ0v) is 9.29. The van der Waals surface area contributed by atoms with Crippen LogP contribution in [0.3, 0.4) is 0 Å². The molecule has 0 aliphatic rings. The number of rotatable bonds is 5.